The van der Waals surface area contributed by atoms with Crippen LogP contribution in [0.3, 0.4) is 0 Å². The standard InChI is InChI=1S/C12H20O3/c1-9-3-2-4-10(7-9)12(11(13)14)5-6-15-8-12/h9-10H,2-8H2,1H3,(H,13,14). The van der Waals surface area contributed by atoms with Crippen molar-refractivity contribution in [1.29, 1.82) is 0 Å². The van der Waals surface area contributed by atoms with E-state index in [4.69, 9.17) is 4.74 Å². The van der Waals surface area contributed by atoms with Gasteiger partial charge in [-0.1, -0.05) is 19.8 Å². The maximum Gasteiger partial charge on any atom is 0.312 e. The zero-order chi connectivity index (χ0) is 10.9. The minimum Gasteiger partial charge on any atom is -0.481 e. The number of carbonyl (C=O) groups is 1. The van der Waals surface area contributed by atoms with Crippen LogP contribution in [0.1, 0.15) is 39.0 Å². The Morgan fingerprint density at radius 3 is 2.80 bits per heavy atom. The van der Waals surface area contributed by atoms with Crippen molar-refractivity contribution in [1.82, 2.24) is 0 Å². The highest BCUT2D eigenvalue weighted by Gasteiger charge is 2.49. The molecular formula is C12H20O3. The maximum atomic E-state index is 11.4. The van der Waals surface area contributed by atoms with Gasteiger partial charge in [0, 0.05) is 6.61 Å². The molecule has 0 spiro atoms. The number of ether oxygens (including phenoxy) is 1. The molecule has 1 saturated heterocycles. The van der Waals surface area contributed by atoms with Gasteiger partial charge in [-0.2, -0.15) is 0 Å². The lowest BCUT2D eigenvalue weighted by Crippen LogP contribution is -2.41. The van der Waals surface area contributed by atoms with Gasteiger partial charge in [0.1, 0.15) is 0 Å². The molecule has 3 unspecified atom stereocenters. The second kappa shape index (κ2) is 4.12. The van der Waals surface area contributed by atoms with Crippen molar-refractivity contribution in [3.63, 3.8) is 0 Å². The van der Waals surface area contributed by atoms with E-state index in [1.807, 2.05) is 0 Å². The third kappa shape index (κ3) is 1.89. The Morgan fingerprint density at radius 1 is 1.47 bits per heavy atom. The monoisotopic (exact) mass is 212 g/mol. The fourth-order valence-electron chi connectivity index (χ4n) is 3.18. The molecule has 2 fully saturated rings. The van der Waals surface area contributed by atoms with Crippen molar-refractivity contribution in [2.75, 3.05) is 13.2 Å². The van der Waals surface area contributed by atoms with E-state index in [0.717, 1.165) is 12.8 Å². The highest BCUT2D eigenvalue weighted by molar-refractivity contribution is 5.75. The lowest BCUT2D eigenvalue weighted by Gasteiger charge is -2.37. The fourth-order valence-corrected chi connectivity index (χ4v) is 3.18. The lowest BCUT2D eigenvalue weighted by atomic mass is 9.66. The summed E-state index contributed by atoms with van der Waals surface area (Å²) in [4.78, 5) is 11.4. The molecule has 3 atom stereocenters. The number of hydrogen-bond donors (Lipinski definition) is 1. The molecule has 0 aromatic carbocycles. The quantitative estimate of drug-likeness (QED) is 0.764. The van der Waals surface area contributed by atoms with Crippen LogP contribution in [-0.2, 0) is 9.53 Å². The Kier molecular flexibility index (Phi) is 3.01. The normalized spacial score (nSPS) is 41.7. The van der Waals surface area contributed by atoms with Crippen LogP contribution in [0.25, 0.3) is 0 Å². The molecule has 3 nitrogen and oxygen atoms in total. The van der Waals surface area contributed by atoms with E-state index in [0.29, 0.717) is 31.5 Å². The number of rotatable bonds is 2. The predicted octanol–water partition coefficient (Wildman–Crippen LogP) is 2.30. The molecule has 1 aliphatic carbocycles. The third-order valence-electron chi connectivity index (χ3n) is 4.20. The average Bonchev–Trinajstić information content (AvgIpc) is 2.67. The fraction of sp³-hybridized carbons (Fsp3) is 0.917. The molecule has 2 aliphatic rings. The van der Waals surface area contributed by atoms with Crippen molar-refractivity contribution in [3.8, 4) is 0 Å². The minimum absolute atomic E-state index is 0.334. The second-order valence-corrected chi connectivity index (χ2v) is 5.23. The Hall–Kier alpha value is -0.570. The first kappa shape index (κ1) is 10.9. The molecule has 15 heavy (non-hydrogen) atoms. The van der Waals surface area contributed by atoms with Crippen LogP contribution >= 0.6 is 0 Å². The van der Waals surface area contributed by atoms with Gasteiger partial charge in [-0.25, -0.2) is 0 Å². The summed E-state index contributed by atoms with van der Waals surface area (Å²) >= 11 is 0. The highest BCUT2D eigenvalue weighted by atomic mass is 16.5. The van der Waals surface area contributed by atoms with Gasteiger partial charge in [-0.15, -0.1) is 0 Å². The summed E-state index contributed by atoms with van der Waals surface area (Å²) in [5, 5.41) is 9.42. The van der Waals surface area contributed by atoms with Gasteiger partial charge in [0.15, 0.2) is 0 Å². The highest BCUT2D eigenvalue weighted by Crippen LogP contribution is 2.45. The summed E-state index contributed by atoms with van der Waals surface area (Å²) in [5.74, 6) is 0.376. The largest absolute Gasteiger partial charge is 0.481 e. The van der Waals surface area contributed by atoms with Gasteiger partial charge in [0.05, 0.1) is 12.0 Å². The Bertz CT molecular complexity index is 243. The number of carboxylic acids is 1. The van der Waals surface area contributed by atoms with Crippen LogP contribution in [0.15, 0.2) is 0 Å². The van der Waals surface area contributed by atoms with Gasteiger partial charge in [0.25, 0.3) is 0 Å². The van der Waals surface area contributed by atoms with Gasteiger partial charge < -0.3 is 9.84 Å². The maximum absolute atomic E-state index is 11.4. The molecule has 2 rings (SSSR count). The molecular weight excluding hydrogens is 192 g/mol. The molecule has 3 heteroatoms. The Labute approximate surface area is 90.8 Å². The van der Waals surface area contributed by atoms with Gasteiger partial charge >= 0.3 is 5.97 Å². The lowest BCUT2D eigenvalue weighted by molar-refractivity contribution is -0.154. The molecule has 0 amide bonds. The van der Waals surface area contributed by atoms with Gasteiger partial charge in [-0.3, -0.25) is 4.79 Å². The zero-order valence-electron chi connectivity index (χ0n) is 9.37. The minimum atomic E-state index is -0.640. The molecule has 1 saturated carbocycles. The van der Waals surface area contributed by atoms with E-state index in [-0.39, 0.29) is 0 Å². The first-order valence-electron chi connectivity index (χ1n) is 5.96. The SMILES string of the molecule is CC1CCCC(C2(C(=O)O)CCOC2)C1. The molecule has 86 valence electrons. The van der Waals surface area contributed by atoms with Crippen LogP contribution in [0.4, 0.5) is 0 Å². The Balaban J connectivity index is 2.13. The first-order chi connectivity index (χ1) is 7.15. The van der Waals surface area contributed by atoms with Crippen molar-refractivity contribution in [2.24, 2.45) is 17.3 Å². The average molecular weight is 212 g/mol. The van der Waals surface area contributed by atoms with Crippen molar-refractivity contribution in [3.05, 3.63) is 0 Å². The zero-order valence-corrected chi connectivity index (χ0v) is 9.37. The Morgan fingerprint density at radius 2 is 2.27 bits per heavy atom. The van der Waals surface area contributed by atoms with Crippen LogP contribution < -0.4 is 0 Å². The second-order valence-electron chi connectivity index (χ2n) is 5.23. The summed E-state index contributed by atoms with van der Waals surface area (Å²) in [7, 11) is 0. The molecule has 0 radical (unpaired) electrons. The van der Waals surface area contributed by atoms with Crippen LogP contribution in [0.5, 0.6) is 0 Å². The van der Waals surface area contributed by atoms with Gasteiger partial charge in [-0.05, 0) is 31.1 Å². The summed E-state index contributed by atoms with van der Waals surface area (Å²) < 4.78 is 5.33. The summed E-state index contributed by atoms with van der Waals surface area (Å²) in [5.41, 5.74) is -0.561. The third-order valence-corrected chi connectivity index (χ3v) is 4.20. The van der Waals surface area contributed by atoms with Crippen molar-refractivity contribution < 1.29 is 14.6 Å². The summed E-state index contributed by atoms with van der Waals surface area (Å²) in [6, 6.07) is 0. The van der Waals surface area contributed by atoms with Gasteiger partial charge in [0.2, 0.25) is 0 Å². The summed E-state index contributed by atoms with van der Waals surface area (Å²) in [6.07, 6.45) is 5.28. The van der Waals surface area contributed by atoms with Crippen LogP contribution in [-0.4, -0.2) is 24.3 Å². The molecule has 1 heterocycles. The first-order valence-corrected chi connectivity index (χ1v) is 5.96. The van der Waals surface area contributed by atoms with E-state index < -0.39 is 11.4 Å². The topological polar surface area (TPSA) is 46.5 Å². The van der Waals surface area contributed by atoms with E-state index >= 15 is 0 Å². The van der Waals surface area contributed by atoms with Crippen LogP contribution in [0, 0.1) is 17.3 Å². The molecule has 0 bridgehead atoms. The van der Waals surface area contributed by atoms with Crippen molar-refractivity contribution >= 4 is 5.97 Å². The molecule has 1 aliphatic heterocycles. The van der Waals surface area contributed by atoms with Crippen molar-refractivity contribution in [2.45, 2.75) is 39.0 Å². The molecule has 0 aromatic rings. The number of aliphatic carboxylic acids is 1. The number of hydrogen-bond acceptors (Lipinski definition) is 2. The number of carboxylic acid groups (broad SMARTS) is 1. The van der Waals surface area contributed by atoms with E-state index in [1.165, 1.54) is 12.8 Å². The van der Waals surface area contributed by atoms with E-state index in [2.05, 4.69) is 6.92 Å². The predicted molar refractivity (Wildman–Crippen MR) is 56.6 cm³/mol. The van der Waals surface area contributed by atoms with E-state index in [1.54, 1.807) is 0 Å². The van der Waals surface area contributed by atoms with E-state index in [9.17, 15) is 9.90 Å². The van der Waals surface area contributed by atoms with Crippen LogP contribution in [0.2, 0.25) is 0 Å². The molecule has 1 N–H and O–H groups in total. The molecule has 0 aromatic heterocycles. The smallest absolute Gasteiger partial charge is 0.312 e. The summed E-state index contributed by atoms with van der Waals surface area (Å²) in [6.45, 7) is 3.29.